The van der Waals surface area contributed by atoms with Crippen molar-refractivity contribution < 1.29 is 19.1 Å². The number of benzene rings is 2. The number of amides is 1. The number of carbonyl (C=O) groups is 3. The van der Waals surface area contributed by atoms with E-state index >= 15 is 0 Å². The number of allylic oxidation sites excluding steroid dienone is 4. The third-order valence-electron chi connectivity index (χ3n) is 8.50. The number of anilines is 1. The standard InChI is InChI=1S/C34H37Br2ClN2O4/c1-7-39-24-13-33(3,4)15-26(40)30(24)29(31-25(39)14-34(5,6)16-27(31)41)19-10-21(35)32(22(36)11-19)43-17-28(42)38-20-9-8-18(2)23(37)12-20/h8-12,29H,7,13-17H2,1-6H3,(H,38,42). The van der Waals surface area contributed by atoms with Crippen LogP contribution in [0.2, 0.25) is 5.02 Å². The maximum absolute atomic E-state index is 13.9. The molecule has 9 heteroatoms. The van der Waals surface area contributed by atoms with Crippen molar-refractivity contribution in [3.63, 3.8) is 0 Å². The van der Waals surface area contributed by atoms with Crippen molar-refractivity contribution >= 4 is 66.6 Å². The van der Waals surface area contributed by atoms with Crippen LogP contribution < -0.4 is 10.1 Å². The Morgan fingerprint density at radius 2 is 1.49 bits per heavy atom. The SMILES string of the molecule is CCN1C2=C(C(=O)CC(C)(C)C2)C(c2cc(Br)c(OCC(=O)Nc3ccc(C)c(Cl)c3)c(Br)c2)C2=C1CC(C)(C)CC2=O. The Morgan fingerprint density at radius 1 is 0.953 bits per heavy atom. The number of carbonyl (C=O) groups excluding carboxylic acids is 3. The lowest BCUT2D eigenvalue weighted by atomic mass is 9.63. The van der Waals surface area contributed by atoms with E-state index in [1.165, 1.54) is 0 Å². The van der Waals surface area contributed by atoms with E-state index in [1.54, 1.807) is 12.1 Å². The summed E-state index contributed by atoms with van der Waals surface area (Å²) >= 11 is 13.5. The molecule has 43 heavy (non-hydrogen) atoms. The summed E-state index contributed by atoms with van der Waals surface area (Å²) in [4.78, 5) is 42.7. The second-order valence-corrected chi connectivity index (χ2v) is 15.5. The molecule has 2 aliphatic carbocycles. The van der Waals surface area contributed by atoms with E-state index < -0.39 is 5.92 Å². The zero-order chi connectivity index (χ0) is 31.4. The van der Waals surface area contributed by atoms with Crippen molar-refractivity contribution in [3.05, 3.63) is 78.0 Å². The highest BCUT2D eigenvalue weighted by Gasteiger charge is 2.48. The van der Waals surface area contributed by atoms with Crippen LogP contribution in [-0.2, 0) is 14.4 Å². The van der Waals surface area contributed by atoms with E-state index in [2.05, 4.69) is 76.7 Å². The second kappa shape index (κ2) is 11.8. The first-order valence-corrected chi connectivity index (χ1v) is 16.5. The molecule has 0 radical (unpaired) electrons. The molecule has 0 spiro atoms. The Balaban J connectivity index is 1.51. The van der Waals surface area contributed by atoms with Gasteiger partial charge in [0, 0.05) is 58.6 Å². The second-order valence-electron chi connectivity index (χ2n) is 13.4. The molecule has 6 nitrogen and oxygen atoms in total. The Kier molecular flexibility index (Phi) is 8.80. The van der Waals surface area contributed by atoms with E-state index in [4.69, 9.17) is 16.3 Å². The van der Waals surface area contributed by atoms with Gasteiger partial charge < -0.3 is 15.0 Å². The van der Waals surface area contributed by atoms with E-state index in [-0.39, 0.29) is 34.9 Å². The van der Waals surface area contributed by atoms with Gasteiger partial charge >= 0.3 is 0 Å². The Bertz CT molecular complexity index is 1530. The summed E-state index contributed by atoms with van der Waals surface area (Å²) in [6, 6.07) is 9.16. The van der Waals surface area contributed by atoms with Crippen LogP contribution in [0.25, 0.3) is 0 Å². The van der Waals surface area contributed by atoms with E-state index in [0.717, 1.165) is 46.5 Å². The molecule has 1 heterocycles. The van der Waals surface area contributed by atoms with Crippen LogP contribution in [0.4, 0.5) is 5.69 Å². The van der Waals surface area contributed by atoms with Crippen LogP contribution in [-0.4, -0.2) is 35.5 Å². The minimum absolute atomic E-state index is 0.0966. The molecule has 5 rings (SSSR count). The number of ether oxygens (including phenoxy) is 1. The molecule has 1 N–H and O–H groups in total. The first kappa shape index (κ1) is 32.0. The number of halogens is 3. The summed E-state index contributed by atoms with van der Waals surface area (Å²) in [7, 11) is 0. The molecule has 2 aromatic rings. The fourth-order valence-electron chi connectivity index (χ4n) is 6.65. The molecular formula is C34H37Br2ClN2O4. The van der Waals surface area contributed by atoms with Crippen molar-refractivity contribution in [1.29, 1.82) is 0 Å². The molecule has 2 aromatic carbocycles. The van der Waals surface area contributed by atoms with Crippen molar-refractivity contribution in [2.24, 2.45) is 10.8 Å². The Labute approximate surface area is 275 Å². The molecule has 0 atom stereocenters. The van der Waals surface area contributed by atoms with Crippen LogP contribution in [0.5, 0.6) is 5.75 Å². The number of rotatable bonds is 6. The predicted octanol–water partition coefficient (Wildman–Crippen LogP) is 8.90. The van der Waals surface area contributed by atoms with Crippen molar-refractivity contribution in [3.8, 4) is 5.75 Å². The Morgan fingerprint density at radius 3 is 1.98 bits per heavy atom. The number of Topliss-reactive ketones (excluding diaryl/α,β-unsaturated/α-hetero) is 2. The van der Waals surface area contributed by atoms with Gasteiger partial charge in [0.25, 0.3) is 5.91 Å². The summed E-state index contributed by atoms with van der Waals surface area (Å²) in [6.45, 7) is 13.0. The van der Waals surface area contributed by atoms with E-state index in [1.807, 2.05) is 25.1 Å². The Hall–Kier alpha value is -2.42. The monoisotopic (exact) mass is 730 g/mol. The highest BCUT2D eigenvalue weighted by Crippen LogP contribution is 2.55. The third-order valence-corrected chi connectivity index (χ3v) is 10.1. The highest BCUT2D eigenvalue weighted by molar-refractivity contribution is 9.11. The molecule has 0 saturated carbocycles. The summed E-state index contributed by atoms with van der Waals surface area (Å²) < 4.78 is 7.18. The summed E-state index contributed by atoms with van der Waals surface area (Å²) in [5.41, 5.74) is 5.57. The molecule has 1 aliphatic heterocycles. The summed E-state index contributed by atoms with van der Waals surface area (Å²) in [5, 5.41) is 3.38. The molecule has 1 amide bonds. The maximum Gasteiger partial charge on any atom is 0.262 e. The minimum atomic E-state index is -0.462. The van der Waals surface area contributed by atoms with E-state index in [0.29, 0.717) is 44.8 Å². The zero-order valence-electron chi connectivity index (χ0n) is 25.4. The van der Waals surface area contributed by atoms with Crippen molar-refractivity contribution in [2.45, 2.75) is 73.1 Å². The molecular weight excluding hydrogens is 696 g/mol. The predicted molar refractivity (Wildman–Crippen MR) is 177 cm³/mol. The van der Waals surface area contributed by atoms with Gasteiger partial charge in [0.2, 0.25) is 0 Å². The number of hydrogen-bond donors (Lipinski definition) is 1. The first-order chi connectivity index (χ1) is 20.1. The van der Waals surface area contributed by atoms with Gasteiger partial charge in [-0.15, -0.1) is 0 Å². The largest absolute Gasteiger partial charge is 0.481 e. The van der Waals surface area contributed by atoms with Gasteiger partial charge in [-0.2, -0.15) is 0 Å². The molecule has 0 saturated heterocycles. The van der Waals surface area contributed by atoms with Gasteiger partial charge in [-0.25, -0.2) is 0 Å². The normalized spacial score (nSPS) is 19.8. The summed E-state index contributed by atoms with van der Waals surface area (Å²) in [5.74, 6) is -0.137. The molecule has 0 fully saturated rings. The van der Waals surface area contributed by atoms with Crippen molar-refractivity contribution in [1.82, 2.24) is 4.90 Å². The molecule has 0 bridgehead atoms. The lowest BCUT2D eigenvalue weighted by molar-refractivity contribution is -0.120. The van der Waals surface area contributed by atoms with Crippen LogP contribution in [0, 0.1) is 17.8 Å². The average molecular weight is 733 g/mol. The lowest BCUT2D eigenvalue weighted by Gasteiger charge is -2.49. The summed E-state index contributed by atoms with van der Waals surface area (Å²) in [6.07, 6.45) is 2.42. The van der Waals surface area contributed by atoms with Crippen LogP contribution in [0.1, 0.15) is 77.3 Å². The highest BCUT2D eigenvalue weighted by atomic mass is 79.9. The number of nitrogens with zero attached hydrogens (tertiary/aromatic N) is 1. The van der Waals surface area contributed by atoms with Crippen LogP contribution >= 0.6 is 43.5 Å². The maximum atomic E-state index is 13.9. The number of ketones is 2. The van der Waals surface area contributed by atoms with Gasteiger partial charge in [-0.05, 0) is 105 Å². The quantitative estimate of drug-likeness (QED) is 0.321. The topological polar surface area (TPSA) is 75.7 Å². The number of hydrogen-bond acceptors (Lipinski definition) is 5. The molecule has 228 valence electrons. The third kappa shape index (κ3) is 6.38. The van der Waals surface area contributed by atoms with Crippen LogP contribution in [0.15, 0.2) is 61.8 Å². The van der Waals surface area contributed by atoms with Gasteiger partial charge in [0.1, 0.15) is 5.75 Å². The fourth-order valence-corrected chi connectivity index (χ4v) is 8.28. The zero-order valence-corrected chi connectivity index (χ0v) is 29.3. The minimum Gasteiger partial charge on any atom is -0.481 e. The fraction of sp³-hybridized carbons (Fsp3) is 0.441. The van der Waals surface area contributed by atoms with Gasteiger partial charge in [-0.1, -0.05) is 45.4 Å². The molecule has 0 unspecified atom stereocenters. The lowest BCUT2D eigenvalue weighted by Crippen LogP contribution is -2.44. The number of nitrogens with one attached hydrogen (secondary N) is 1. The van der Waals surface area contributed by atoms with Gasteiger partial charge in [0.05, 0.1) is 8.95 Å². The first-order valence-electron chi connectivity index (χ1n) is 14.6. The van der Waals surface area contributed by atoms with Crippen molar-refractivity contribution in [2.75, 3.05) is 18.5 Å². The number of aryl methyl sites for hydroxylation is 1. The average Bonchev–Trinajstić information content (AvgIpc) is 2.87. The molecule has 3 aliphatic rings. The smallest absolute Gasteiger partial charge is 0.262 e. The van der Waals surface area contributed by atoms with Gasteiger partial charge in [-0.3, -0.25) is 14.4 Å². The van der Waals surface area contributed by atoms with Crippen LogP contribution in [0.3, 0.4) is 0 Å². The van der Waals surface area contributed by atoms with E-state index in [9.17, 15) is 14.4 Å². The molecule has 0 aromatic heterocycles. The van der Waals surface area contributed by atoms with Gasteiger partial charge in [0.15, 0.2) is 18.2 Å².